The Morgan fingerprint density at radius 1 is 0.579 bits per heavy atom. The van der Waals surface area contributed by atoms with Crippen LogP contribution in [0.15, 0.2) is 24.3 Å². The Labute approximate surface area is 139 Å². The van der Waals surface area contributed by atoms with Crippen molar-refractivity contribution in [1.82, 2.24) is 0 Å². The van der Waals surface area contributed by atoms with E-state index in [1.807, 2.05) is 0 Å². The first kappa shape index (κ1) is 15.4. The van der Waals surface area contributed by atoms with Crippen LogP contribution in [-0.2, 0) is 0 Å². The first-order chi connectivity index (χ1) is 8.91. The third kappa shape index (κ3) is 3.18. The lowest BCUT2D eigenvalue weighted by Gasteiger charge is -2.13. The number of halogens is 6. The molecule has 19 heavy (non-hydrogen) atoms. The second-order valence-electron chi connectivity index (χ2n) is 3.46. The molecule has 100 valence electrons. The summed E-state index contributed by atoms with van der Waals surface area (Å²) in [6.45, 7) is 0. The van der Waals surface area contributed by atoms with E-state index in [-0.39, 0.29) is 30.9 Å². The molecule has 0 spiro atoms. The van der Waals surface area contributed by atoms with Gasteiger partial charge in [0.15, 0.2) is 5.75 Å². The van der Waals surface area contributed by atoms with Crippen LogP contribution in [-0.4, -0.2) is 0 Å². The Kier molecular flexibility index (Phi) is 4.99. The van der Waals surface area contributed by atoms with E-state index in [1.54, 1.807) is 24.3 Å². The summed E-state index contributed by atoms with van der Waals surface area (Å²) in [6, 6.07) is 6.65. The number of benzene rings is 2. The van der Waals surface area contributed by atoms with Crippen molar-refractivity contribution in [2.45, 2.75) is 0 Å². The highest BCUT2D eigenvalue weighted by atomic mass is 35.5. The Morgan fingerprint density at radius 2 is 1.00 bits per heavy atom. The molecule has 0 aromatic heterocycles. The van der Waals surface area contributed by atoms with E-state index in [0.717, 1.165) is 0 Å². The van der Waals surface area contributed by atoms with Crippen LogP contribution in [0, 0.1) is 0 Å². The van der Waals surface area contributed by atoms with Gasteiger partial charge in [-0.25, -0.2) is 0 Å². The van der Waals surface area contributed by atoms with E-state index in [9.17, 15) is 0 Å². The standard InChI is InChI=1S/C12H4Cl6O/c13-5-1-3-6(4-2-5)19-12-10(17)8(15)7(14)9(16)11(12)18/h1-4H. The second-order valence-corrected chi connectivity index (χ2v) is 5.78. The van der Waals surface area contributed by atoms with Crippen molar-refractivity contribution in [1.29, 1.82) is 0 Å². The van der Waals surface area contributed by atoms with Crippen LogP contribution in [0.3, 0.4) is 0 Å². The zero-order valence-corrected chi connectivity index (χ0v) is 13.5. The number of hydrogen-bond acceptors (Lipinski definition) is 1. The van der Waals surface area contributed by atoms with E-state index in [2.05, 4.69) is 0 Å². The maximum absolute atomic E-state index is 6.05. The van der Waals surface area contributed by atoms with Crippen LogP contribution < -0.4 is 4.74 Å². The molecule has 0 unspecified atom stereocenters. The first-order valence-corrected chi connectivity index (χ1v) is 7.13. The minimum absolute atomic E-state index is 0.0849. The molecular formula is C12H4Cl6O. The van der Waals surface area contributed by atoms with Gasteiger partial charge in [-0.1, -0.05) is 69.6 Å². The lowest BCUT2D eigenvalue weighted by Crippen LogP contribution is -1.89. The average molecular weight is 377 g/mol. The highest BCUT2D eigenvalue weighted by molar-refractivity contribution is 6.55. The zero-order valence-electron chi connectivity index (χ0n) is 8.99. The predicted molar refractivity (Wildman–Crippen MR) is 83.0 cm³/mol. The van der Waals surface area contributed by atoms with Gasteiger partial charge in [-0.3, -0.25) is 0 Å². The largest absolute Gasteiger partial charge is 0.454 e. The molecule has 0 bridgehead atoms. The van der Waals surface area contributed by atoms with Gasteiger partial charge in [0.05, 0.1) is 15.1 Å². The smallest absolute Gasteiger partial charge is 0.167 e. The molecule has 0 saturated carbocycles. The van der Waals surface area contributed by atoms with Crippen molar-refractivity contribution >= 4 is 69.6 Å². The molecule has 0 aliphatic rings. The lowest BCUT2D eigenvalue weighted by molar-refractivity contribution is 0.483. The number of hydrogen-bond donors (Lipinski definition) is 0. The van der Waals surface area contributed by atoms with Crippen LogP contribution >= 0.6 is 69.6 Å². The minimum atomic E-state index is 0.0849. The molecule has 0 fully saturated rings. The van der Waals surface area contributed by atoms with Crippen LogP contribution in [0.25, 0.3) is 0 Å². The molecule has 2 aromatic carbocycles. The molecule has 7 heteroatoms. The molecule has 0 saturated heterocycles. The SMILES string of the molecule is Clc1ccc(Oc2c(Cl)c(Cl)c(Cl)c(Cl)c2Cl)cc1. The zero-order chi connectivity index (χ0) is 14.2. The van der Waals surface area contributed by atoms with Crippen molar-refractivity contribution in [3.8, 4) is 11.5 Å². The summed E-state index contributed by atoms with van der Waals surface area (Å²) >= 11 is 35.6. The minimum Gasteiger partial charge on any atom is -0.454 e. The van der Waals surface area contributed by atoms with Gasteiger partial charge < -0.3 is 4.74 Å². The van der Waals surface area contributed by atoms with E-state index >= 15 is 0 Å². The Balaban J connectivity index is 2.48. The average Bonchev–Trinajstić information content (AvgIpc) is 2.41. The summed E-state index contributed by atoms with van der Waals surface area (Å²) in [4.78, 5) is 0. The third-order valence-corrected chi connectivity index (χ3v) is 4.70. The molecule has 2 rings (SSSR count). The Bertz CT molecular complexity index is 594. The molecule has 0 N–H and O–H groups in total. The van der Waals surface area contributed by atoms with Crippen molar-refractivity contribution in [3.63, 3.8) is 0 Å². The second kappa shape index (κ2) is 6.17. The van der Waals surface area contributed by atoms with E-state index < -0.39 is 0 Å². The van der Waals surface area contributed by atoms with Gasteiger partial charge in [-0.05, 0) is 24.3 Å². The van der Waals surface area contributed by atoms with Crippen molar-refractivity contribution in [3.05, 3.63) is 54.4 Å². The van der Waals surface area contributed by atoms with E-state index in [1.165, 1.54) is 0 Å². The molecule has 0 aliphatic carbocycles. The highest BCUT2D eigenvalue weighted by Crippen LogP contribution is 2.49. The summed E-state index contributed by atoms with van der Waals surface area (Å²) < 4.78 is 5.56. The fraction of sp³-hybridized carbons (Fsp3) is 0. The molecule has 1 nitrogen and oxygen atoms in total. The van der Waals surface area contributed by atoms with E-state index in [4.69, 9.17) is 74.3 Å². The highest BCUT2D eigenvalue weighted by Gasteiger charge is 2.21. The fourth-order valence-corrected chi connectivity index (χ4v) is 2.62. The maximum atomic E-state index is 6.05. The van der Waals surface area contributed by atoms with Crippen molar-refractivity contribution in [2.24, 2.45) is 0 Å². The molecule has 0 heterocycles. The van der Waals surface area contributed by atoms with Crippen LogP contribution in [0.1, 0.15) is 0 Å². The fourth-order valence-electron chi connectivity index (χ4n) is 1.29. The van der Waals surface area contributed by atoms with Gasteiger partial charge in [0.25, 0.3) is 0 Å². The lowest BCUT2D eigenvalue weighted by atomic mass is 10.3. The summed E-state index contributed by atoms with van der Waals surface area (Å²) in [6.07, 6.45) is 0. The monoisotopic (exact) mass is 374 g/mol. The summed E-state index contributed by atoms with van der Waals surface area (Å²) in [5.74, 6) is 0.632. The normalized spacial score (nSPS) is 10.6. The molecule has 0 aliphatic heterocycles. The van der Waals surface area contributed by atoms with Gasteiger partial charge in [0.1, 0.15) is 15.8 Å². The van der Waals surface area contributed by atoms with Crippen molar-refractivity contribution in [2.75, 3.05) is 0 Å². The van der Waals surface area contributed by atoms with Gasteiger partial charge in [0.2, 0.25) is 0 Å². The molecule has 0 atom stereocenters. The molecule has 0 radical (unpaired) electrons. The van der Waals surface area contributed by atoms with Crippen LogP contribution in [0.5, 0.6) is 11.5 Å². The molecule has 2 aromatic rings. The molecule has 0 amide bonds. The summed E-state index contributed by atoms with van der Waals surface area (Å²) in [5.41, 5.74) is 0. The van der Waals surface area contributed by atoms with Gasteiger partial charge in [0, 0.05) is 5.02 Å². The van der Waals surface area contributed by atoms with Gasteiger partial charge in [-0.2, -0.15) is 0 Å². The number of rotatable bonds is 2. The van der Waals surface area contributed by atoms with E-state index in [0.29, 0.717) is 10.8 Å². The quantitative estimate of drug-likeness (QED) is 0.392. The summed E-state index contributed by atoms with van der Waals surface area (Å²) in [7, 11) is 0. The first-order valence-electron chi connectivity index (χ1n) is 4.86. The Hall–Kier alpha value is -0.0200. The predicted octanol–water partition coefficient (Wildman–Crippen LogP) is 7.40. The van der Waals surface area contributed by atoms with Gasteiger partial charge >= 0.3 is 0 Å². The van der Waals surface area contributed by atoms with Crippen molar-refractivity contribution < 1.29 is 4.74 Å². The van der Waals surface area contributed by atoms with Gasteiger partial charge in [-0.15, -0.1) is 0 Å². The molecular weight excluding hydrogens is 373 g/mol. The van der Waals surface area contributed by atoms with Crippen LogP contribution in [0.4, 0.5) is 0 Å². The topological polar surface area (TPSA) is 9.23 Å². The number of ether oxygens (including phenoxy) is 1. The maximum Gasteiger partial charge on any atom is 0.167 e. The summed E-state index contributed by atoms with van der Waals surface area (Å²) in [5, 5.41) is 1.02. The Morgan fingerprint density at radius 3 is 1.47 bits per heavy atom. The third-order valence-electron chi connectivity index (χ3n) is 2.20. The van der Waals surface area contributed by atoms with Crippen LogP contribution in [0.2, 0.25) is 30.1 Å².